The lowest BCUT2D eigenvalue weighted by atomic mass is 9.86. The number of nitrogens with zero attached hydrogens (tertiary/aromatic N) is 1. The van der Waals surface area contributed by atoms with Gasteiger partial charge in [0.2, 0.25) is 5.91 Å². The molecule has 0 radical (unpaired) electrons. The summed E-state index contributed by atoms with van der Waals surface area (Å²) < 4.78 is 0. The molecule has 0 aromatic heterocycles. The van der Waals surface area contributed by atoms with E-state index in [1.807, 2.05) is 0 Å². The van der Waals surface area contributed by atoms with Crippen LogP contribution in [0, 0.1) is 11.8 Å². The number of alkyl halides is 1. The Hall–Kier alpha value is -0.240. The van der Waals surface area contributed by atoms with Gasteiger partial charge in [-0.3, -0.25) is 4.79 Å². The first-order valence-electron chi connectivity index (χ1n) is 7.63. The molecule has 104 valence electrons. The Balaban J connectivity index is 1.76. The smallest absolute Gasteiger partial charge is 0.222 e. The van der Waals surface area contributed by atoms with E-state index in [0.717, 1.165) is 38.2 Å². The average Bonchev–Trinajstić information content (AvgIpc) is 2.40. The maximum Gasteiger partial charge on any atom is 0.222 e. The molecule has 1 amide bonds. The molecule has 1 heterocycles. The van der Waals surface area contributed by atoms with Gasteiger partial charge in [-0.05, 0) is 43.9 Å². The lowest BCUT2D eigenvalue weighted by Crippen LogP contribution is -2.40. The highest BCUT2D eigenvalue weighted by Gasteiger charge is 2.25. The van der Waals surface area contributed by atoms with Crippen molar-refractivity contribution in [3.63, 3.8) is 0 Å². The van der Waals surface area contributed by atoms with Crippen LogP contribution in [-0.2, 0) is 4.79 Å². The molecule has 3 heteroatoms. The van der Waals surface area contributed by atoms with Crippen molar-refractivity contribution in [2.75, 3.05) is 19.0 Å². The Morgan fingerprint density at radius 1 is 1.06 bits per heavy atom. The number of hydrogen-bond donors (Lipinski definition) is 0. The second-order valence-electron chi connectivity index (χ2n) is 6.03. The second-order valence-corrected chi connectivity index (χ2v) is 6.41. The molecule has 0 aromatic carbocycles. The maximum atomic E-state index is 12.3. The molecule has 1 atom stereocenters. The number of hydrogen-bond acceptors (Lipinski definition) is 1. The van der Waals surface area contributed by atoms with Gasteiger partial charge in [-0.15, -0.1) is 11.6 Å². The summed E-state index contributed by atoms with van der Waals surface area (Å²) in [5.74, 6) is 2.45. The minimum atomic E-state index is 0.404. The highest BCUT2D eigenvalue weighted by Crippen LogP contribution is 2.28. The van der Waals surface area contributed by atoms with Crippen molar-refractivity contribution >= 4 is 17.5 Å². The number of halogens is 1. The van der Waals surface area contributed by atoms with E-state index in [2.05, 4.69) is 4.90 Å². The van der Waals surface area contributed by atoms with Crippen molar-refractivity contribution in [2.45, 2.75) is 57.8 Å². The number of amides is 1. The molecular weight excluding hydrogens is 246 g/mol. The van der Waals surface area contributed by atoms with Crippen LogP contribution in [0.3, 0.4) is 0 Å². The Morgan fingerprint density at radius 3 is 2.50 bits per heavy atom. The maximum absolute atomic E-state index is 12.3. The minimum Gasteiger partial charge on any atom is -0.342 e. The molecule has 1 saturated heterocycles. The van der Waals surface area contributed by atoms with Gasteiger partial charge in [0.1, 0.15) is 0 Å². The Morgan fingerprint density at radius 2 is 1.78 bits per heavy atom. The van der Waals surface area contributed by atoms with E-state index in [0.29, 0.717) is 17.7 Å². The van der Waals surface area contributed by atoms with E-state index in [-0.39, 0.29) is 0 Å². The third-order valence-corrected chi connectivity index (χ3v) is 4.80. The largest absolute Gasteiger partial charge is 0.342 e. The van der Waals surface area contributed by atoms with Crippen molar-refractivity contribution in [1.29, 1.82) is 0 Å². The summed E-state index contributed by atoms with van der Waals surface area (Å²) in [6, 6.07) is 0. The summed E-state index contributed by atoms with van der Waals surface area (Å²) in [5.41, 5.74) is 0. The third kappa shape index (κ3) is 4.15. The van der Waals surface area contributed by atoms with Crippen molar-refractivity contribution < 1.29 is 4.79 Å². The van der Waals surface area contributed by atoms with Crippen molar-refractivity contribution in [1.82, 2.24) is 4.90 Å². The quantitative estimate of drug-likeness (QED) is 0.712. The number of piperidine rings is 1. The van der Waals surface area contributed by atoms with Crippen molar-refractivity contribution in [3.8, 4) is 0 Å². The number of likely N-dealkylation sites (tertiary alicyclic amines) is 1. The monoisotopic (exact) mass is 271 g/mol. The molecule has 2 rings (SSSR count). The van der Waals surface area contributed by atoms with Gasteiger partial charge in [-0.1, -0.05) is 19.3 Å². The lowest BCUT2D eigenvalue weighted by molar-refractivity contribution is -0.134. The molecule has 1 aliphatic heterocycles. The summed E-state index contributed by atoms with van der Waals surface area (Å²) in [4.78, 5) is 14.4. The molecule has 18 heavy (non-hydrogen) atoms. The molecule has 2 aliphatic rings. The van der Waals surface area contributed by atoms with Gasteiger partial charge >= 0.3 is 0 Å². The third-order valence-electron chi connectivity index (χ3n) is 4.58. The van der Waals surface area contributed by atoms with E-state index in [4.69, 9.17) is 11.6 Å². The highest BCUT2D eigenvalue weighted by molar-refractivity contribution is 6.17. The van der Waals surface area contributed by atoms with Gasteiger partial charge in [0.15, 0.2) is 0 Å². The second kappa shape index (κ2) is 7.37. The molecule has 1 saturated carbocycles. The fourth-order valence-electron chi connectivity index (χ4n) is 3.45. The molecule has 0 spiro atoms. The molecule has 2 fully saturated rings. The topological polar surface area (TPSA) is 20.3 Å². The fraction of sp³-hybridized carbons (Fsp3) is 0.933. The van der Waals surface area contributed by atoms with E-state index >= 15 is 0 Å². The number of rotatable bonds is 4. The van der Waals surface area contributed by atoms with E-state index in [1.54, 1.807) is 0 Å². The first kappa shape index (κ1) is 14.2. The van der Waals surface area contributed by atoms with E-state index in [1.165, 1.54) is 38.5 Å². The highest BCUT2D eigenvalue weighted by atomic mass is 35.5. The predicted molar refractivity (Wildman–Crippen MR) is 75.8 cm³/mol. The van der Waals surface area contributed by atoms with Crippen LogP contribution >= 0.6 is 11.6 Å². The standard InChI is InChI=1S/C15H26ClNO/c16-9-8-14-7-4-10-17(12-14)15(18)11-13-5-2-1-3-6-13/h13-14H,1-12H2. The predicted octanol–water partition coefficient (Wildman–Crippen LogP) is 3.82. The van der Waals surface area contributed by atoms with Crippen LogP contribution in [0.4, 0.5) is 0 Å². The zero-order valence-corrected chi connectivity index (χ0v) is 12.1. The van der Waals surface area contributed by atoms with Gasteiger partial charge in [0.25, 0.3) is 0 Å². The van der Waals surface area contributed by atoms with Crippen LogP contribution in [0.2, 0.25) is 0 Å². The number of carbonyl (C=O) groups is 1. The molecule has 2 nitrogen and oxygen atoms in total. The van der Waals surface area contributed by atoms with Crippen LogP contribution in [0.5, 0.6) is 0 Å². The summed E-state index contributed by atoms with van der Waals surface area (Å²) >= 11 is 5.81. The first-order valence-corrected chi connectivity index (χ1v) is 8.17. The van der Waals surface area contributed by atoms with Crippen molar-refractivity contribution in [3.05, 3.63) is 0 Å². The van der Waals surface area contributed by atoms with Crippen LogP contribution in [0.25, 0.3) is 0 Å². The lowest BCUT2D eigenvalue weighted by Gasteiger charge is -2.34. The Bertz CT molecular complexity index is 261. The van der Waals surface area contributed by atoms with Gasteiger partial charge < -0.3 is 4.90 Å². The van der Waals surface area contributed by atoms with Gasteiger partial charge in [0.05, 0.1) is 0 Å². The SMILES string of the molecule is O=C(CC1CCCCC1)N1CCCC(CCCl)C1. The molecule has 0 aromatic rings. The Kier molecular flexibility index (Phi) is 5.81. The minimum absolute atomic E-state index is 0.404. The summed E-state index contributed by atoms with van der Waals surface area (Å²) in [5, 5.41) is 0. The number of carbonyl (C=O) groups excluding carboxylic acids is 1. The zero-order valence-electron chi connectivity index (χ0n) is 11.4. The van der Waals surface area contributed by atoms with Crippen LogP contribution in [0.1, 0.15) is 57.8 Å². The summed E-state index contributed by atoms with van der Waals surface area (Å²) in [7, 11) is 0. The molecular formula is C15H26ClNO. The molecule has 1 unspecified atom stereocenters. The fourth-order valence-corrected chi connectivity index (χ4v) is 3.76. The Labute approximate surface area is 116 Å². The van der Waals surface area contributed by atoms with Crippen LogP contribution in [0.15, 0.2) is 0 Å². The first-order chi connectivity index (χ1) is 8.79. The molecule has 0 N–H and O–H groups in total. The summed E-state index contributed by atoms with van der Waals surface area (Å²) in [6.45, 7) is 1.93. The average molecular weight is 272 g/mol. The van der Waals surface area contributed by atoms with Gasteiger partial charge in [-0.2, -0.15) is 0 Å². The normalized spacial score (nSPS) is 26.3. The van der Waals surface area contributed by atoms with Crippen molar-refractivity contribution in [2.24, 2.45) is 11.8 Å². The molecule has 0 bridgehead atoms. The van der Waals surface area contributed by atoms with Crippen LogP contribution < -0.4 is 0 Å². The summed E-state index contributed by atoms with van der Waals surface area (Å²) in [6.07, 6.45) is 10.8. The zero-order chi connectivity index (χ0) is 12.8. The van der Waals surface area contributed by atoms with E-state index in [9.17, 15) is 4.79 Å². The van der Waals surface area contributed by atoms with Gasteiger partial charge in [0, 0.05) is 25.4 Å². The van der Waals surface area contributed by atoms with Gasteiger partial charge in [-0.25, -0.2) is 0 Å². The van der Waals surface area contributed by atoms with Crippen LogP contribution in [-0.4, -0.2) is 29.8 Å². The van der Waals surface area contributed by atoms with E-state index < -0.39 is 0 Å². The molecule has 1 aliphatic carbocycles.